The van der Waals surface area contributed by atoms with Gasteiger partial charge in [-0.05, 0) is 29.7 Å². The maximum Gasteiger partial charge on any atom is 0.254 e. The van der Waals surface area contributed by atoms with E-state index in [1.165, 1.54) is 11.3 Å². The number of anilines is 1. The highest BCUT2D eigenvalue weighted by Crippen LogP contribution is 2.24. The molecule has 0 spiro atoms. The summed E-state index contributed by atoms with van der Waals surface area (Å²) in [5.41, 5.74) is 2.26. The highest BCUT2D eigenvalue weighted by Gasteiger charge is 2.29. The maximum atomic E-state index is 13.1. The second kappa shape index (κ2) is 7.21. The molecule has 0 unspecified atom stereocenters. The lowest BCUT2D eigenvalue weighted by Gasteiger charge is -2.32. The van der Waals surface area contributed by atoms with E-state index in [9.17, 15) is 9.59 Å². The molecule has 0 saturated carbocycles. The van der Waals surface area contributed by atoms with Gasteiger partial charge in [0.25, 0.3) is 5.91 Å². The fourth-order valence-corrected chi connectivity index (χ4v) is 3.84. The van der Waals surface area contributed by atoms with Gasteiger partial charge in [0.1, 0.15) is 5.51 Å². The topological polar surface area (TPSA) is 75.2 Å². The summed E-state index contributed by atoms with van der Waals surface area (Å²) in [7, 11) is 0. The minimum atomic E-state index is -0.230. The molecule has 6 nitrogen and oxygen atoms in total. The highest BCUT2D eigenvalue weighted by atomic mass is 32.1. The Labute approximate surface area is 154 Å². The molecule has 4 rings (SSSR count). The van der Waals surface area contributed by atoms with Crippen molar-refractivity contribution in [3.05, 3.63) is 53.5 Å². The number of fused-ring (bicyclic) bond motifs is 1. The van der Waals surface area contributed by atoms with E-state index in [2.05, 4.69) is 15.5 Å². The van der Waals surface area contributed by atoms with Gasteiger partial charge in [0.05, 0.1) is 5.92 Å². The Morgan fingerprint density at radius 3 is 2.85 bits per heavy atom. The van der Waals surface area contributed by atoms with Crippen LogP contribution in [0.25, 0.3) is 10.8 Å². The van der Waals surface area contributed by atoms with Crippen LogP contribution in [0.15, 0.2) is 48.0 Å². The molecule has 2 heterocycles. The minimum absolute atomic E-state index is 0.0183. The average Bonchev–Trinajstić information content (AvgIpc) is 3.20. The fourth-order valence-electron chi connectivity index (χ4n) is 3.39. The number of nitrogens with zero attached hydrogens (tertiary/aromatic N) is 3. The number of likely N-dealkylation sites (tertiary alicyclic amines) is 1. The number of nitrogens with one attached hydrogen (secondary N) is 1. The molecule has 1 aliphatic heterocycles. The zero-order valence-corrected chi connectivity index (χ0v) is 14.9. The molecule has 7 heteroatoms. The Morgan fingerprint density at radius 2 is 2.00 bits per heavy atom. The summed E-state index contributed by atoms with van der Waals surface area (Å²) in [5, 5.41) is 12.8. The predicted molar refractivity (Wildman–Crippen MR) is 101 cm³/mol. The van der Waals surface area contributed by atoms with Crippen LogP contribution in [0, 0.1) is 5.92 Å². The number of carbonyl (C=O) groups excluding carboxylic acids is 2. The van der Waals surface area contributed by atoms with Gasteiger partial charge in [-0.2, -0.15) is 0 Å². The molecule has 1 N–H and O–H groups in total. The summed E-state index contributed by atoms with van der Waals surface area (Å²) in [4.78, 5) is 27.3. The third-order valence-corrected chi connectivity index (χ3v) is 5.30. The number of hydrogen-bond acceptors (Lipinski definition) is 5. The van der Waals surface area contributed by atoms with Crippen LogP contribution >= 0.6 is 11.3 Å². The van der Waals surface area contributed by atoms with Crippen molar-refractivity contribution in [2.45, 2.75) is 12.8 Å². The number of carbonyl (C=O) groups is 2. The average molecular weight is 366 g/mol. The first-order valence-electron chi connectivity index (χ1n) is 8.56. The quantitative estimate of drug-likeness (QED) is 0.772. The molecular weight excluding hydrogens is 348 g/mol. The molecule has 0 aliphatic carbocycles. The van der Waals surface area contributed by atoms with Crippen LogP contribution in [0.4, 0.5) is 5.13 Å². The Hall–Kier alpha value is -2.80. The molecule has 1 fully saturated rings. The van der Waals surface area contributed by atoms with Crippen LogP contribution < -0.4 is 5.32 Å². The van der Waals surface area contributed by atoms with Crippen molar-refractivity contribution < 1.29 is 9.59 Å². The standard InChI is InChI=1S/C19H18N4O2S/c24-17(21-19-22-20-12-26-19)14-7-4-10-23(11-14)18(25)16-9-3-6-13-5-1-2-8-15(13)16/h1-3,5-6,8-9,12,14H,4,7,10-11H2,(H,21,22,24)/t14-/m1/s1. The number of aromatic nitrogens is 2. The van der Waals surface area contributed by atoms with Crippen LogP contribution in [0.5, 0.6) is 0 Å². The summed E-state index contributed by atoms with van der Waals surface area (Å²) < 4.78 is 0. The van der Waals surface area contributed by atoms with Gasteiger partial charge < -0.3 is 10.2 Å². The largest absolute Gasteiger partial charge is 0.338 e. The van der Waals surface area contributed by atoms with Gasteiger partial charge in [0.2, 0.25) is 11.0 Å². The van der Waals surface area contributed by atoms with Crippen LogP contribution in [0.1, 0.15) is 23.2 Å². The lowest BCUT2D eigenvalue weighted by molar-refractivity contribution is -0.121. The van der Waals surface area contributed by atoms with Gasteiger partial charge in [-0.15, -0.1) is 10.2 Å². The van der Waals surface area contributed by atoms with Crippen LogP contribution in [-0.4, -0.2) is 40.0 Å². The molecule has 3 aromatic rings. The van der Waals surface area contributed by atoms with E-state index in [-0.39, 0.29) is 17.7 Å². The zero-order chi connectivity index (χ0) is 17.9. The third-order valence-electron chi connectivity index (χ3n) is 4.69. The van der Waals surface area contributed by atoms with E-state index in [0.717, 1.165) is 23.6 Å². The van der Waals surface area contributed by atoms with Crippen molar-refractivity contribution in [2.24, 2.45) is 5.92 Å². The Bertz CT molecular complexity index is 936. The fraction of sp³-hybridized carbons (Fsp3) is 0.263. The number of benzene rings is 2. The molecular formula is C19H18N4O2S. The molecule has 0 bridgehead atoms. The van der Waals surface area contributed by atoms with Crippen LogP contribution in [0.3, 0.4) is 0 Å². The van der Waals surface area contributed by atoms with Crippen molar-refractivity contribution in [3.63, 3.8) is 0 Å². The lowest BCUT2D eigenvalue weighted by Crippen LogP contribution is -2.43. The molecule has 1 aromatic heterocycles. The number of hydrogen-bond donors (Lipinski definition) is 1. The van der Waals surface area contributed by atoms with E-state index in [1.54, 1.807) is 10.4 Å². The second-order valence-electron chi connectivity index (χ2n) is 6.35. The maximum absolute atomic E-state index is 13.1. The lowest BCUT2D eigenvalue weighted by atomic mass is 9.95. The molecule has 2 amide bonds. The van der Waals surface area contributed by atoms with Gasteiger partial charge in [0.15, 0.2) is 0 Å². The van der Waals surface area contributed by atoms with Crippen molar-refractivity contribution in [2.75, 3.05) is 18.4 Å². The summed E-state index contributed by atoms with van der Waals surface area (Å²) in [6, 6.07) is 13.6. The van der Waals surface area contributed by atoms with E-state index >= 15 is 0 Å². The van der Waals surface area contributed by atoms with Crippen molar-refractivity contribution in [3.8, 4) is 0 Å². The number of piperidine rings is 1. The van der Waals surface area contributed by atoms with Gasteiger partial charge in [-0.1, -0.05) is 47.7 Å². The van der Waals surface area contributed by atoms with Gasteiger partial charge in [0, 0.05) is 18.7 Å². The van der Waals surface area contributed by atoms with Crippen molar-refractivity contribution in [1.82, 2.24) is 15.1 Å². The summed E-state index contributed by atoms with van der Waals surface area (Å²) in [5.74, 6) is -0.348. The van der Waals surface area contributed by atoms with E-state index in [0.29, 0.717) is 23.8 Å². The van der Waals surface area contributed by atoms with E-state index < -0.39 is 0 Å². The van der Waals surface area contributed by atoms with Crippen molar-refractivity contribution >= 4 is 39.1 Å². The smallest absolute Gasteiger partial charge is 0.254 e. The third kappa shape index (κ3) is 3.30. The number of amides is 2. The SMILES string of the molecule is O=C(Nc1nncs1)[C@@H]1CCCN(C(=O)c2cccc3ccccc23)C1. The second-order valence-corrected chi connectivity index (χ2v) is 7.18. The van der Waals surface area contributed by atoms with Crippen LogP contribution in [-0.2, 0) is 4.79 Å². The molecule has 1 atom stereocenters. The Morgan fingerprint density at radius 1 is 1.15 bits per heavy atom. The first kappa shape index (κ1) is 16.7. The van der Waals surface area contributed by atoms with Gasteiger partial charge in [-0.3, -0.25) is 9.59 Å². The van der Waals surface area contributed by atoms with Gasteiger partial charge >= 0.3 is 0 Å². The Balaban J connectivity index is 1.52. The normalized spacial score (nSPS) is 17.2. The predicted octanol–water partition coefficient (Wildman–Crippen LogP) is 3.18. The molecule has 0 radical (unpaired) electrons. The van der Waals surface area contributed by atoms with Crippen LogP contribution in [0.2, 0.25) is 0 Å². The molecule has 132 valence electrons. The first-order chi connectivity index (χ1) is 12.7. The summed E-state index contributed by atoms with van der Waals surface area (Å²) in [6.45, 7) is 1.09. The highest BCUT2D eigenvalue weighted by molar-refractivity contribution is 7.13. The van der Waals surface area contributed by atoms with Crippen molar-refractivity contribution in [1.29, 1.82) is 0 Å². The Kier molecular flexibility index (Phi) is 4.62. The van der Waals surface area contributed by atoms with Gasteiger partial charge in [-0.25, -0.2) is 0 Å². The zero-order valence-electron chi connectivity index (χ0n) is 14.1. The minimum Gasteiger partial charge on any atom is -0.338 e. The monoisotopic (exact) mass is 366 g/mol. The number of rotatable bonds is 3. The molecule has 1 aliphatic rings. The first-order valence-corrected chi connectivity index (χ1v) is 9.44. The summed E-state index contributed by atoms with van der Waals surface area (Å²) >= 11 is 1.29. The van der Waals surface area contributed by atoms with E-state index in [1.807, 2.05) is 42.5 Å². The van der Waals surface area contributed by atoms with E-state index in [4.69, 9.17) is 0 Å². The molecule has 1 saturated heterocycles. The molecule has 2 aromatic carbocycles. The summed E-state index contributed by atoms with van der Waals surface area (Å²) in [6.07, 6.45) is 1.58. The molecule has 26 heavy (non-hydrogen) atoms.